The van der Waals surface area contributed by atoms with Gasteiger partial charge >= 0.3 is 0 Å². The maximum absolute atomic E-state index is 13.8. The van der Waals surface area contributed by atoms with E-state index < -0.39 is 0 Å². The van der Waals surface area contributed by atoms with Gasteiger partial charge in [0.2, 0.25) is 0 Å². The van der Waals surface area contributed by atoms with Gasteiger partial charge in [-0.3, -0.25) is 9.59 Å². The van der Waals surface area contributed by atoms with Crippen molar-refractivity contribution in [1.29, 1.82) is 10.5 Å². The summed E-state index contributed by atoms with van der Waals surface area (Å²) in [5, 5.41) is 19.0. The molecule has 4 aromatic carbocycles. The molecule has 0 aliphatic carbocycles. The van der Waals surface area contributed by atoms with Crippen molar-refractivity contribution in [3.63, 3.8) is 0 Å². The Morgan fingerprint density at radius 2 is 1.10 bits per heavy atom. The van der Waals surface area contributed by atoms with Gasteiger partial charge in [0.05, 0.1) is 22.3 Å². The van der Waals surface area contributed by atoms with Gasteiger partial charge in [-0.05, 0) is 55.5 Å². The minimum atomic E-state index is -0.191. The smallest absolute Gasteiger partial charge is 0.255 e. The first-order valence-electron chi connectivity index (χ1n) is 13.1. The number of benzene rings is 4. The molecule has 0 aromatic heterocycles. The maximum atomic E-state index is 13.8. The summed E-state index contributed by atoms with van der Waals surface area (Å²) >= 11 is 2.82. The summed E-state index contributed by atoms with van der Waals surface area (Å²) < 4.78 is 0. The molecular weight excluding hydrogens is 549 g/mol. The van der Waals surface area contributed by atoms with Crippen molar-refractivity contribution in [3.05, 3.63) is 119 Å². The molecule has 0 radical (unpaired) electrons. The van der Waals surface area contributed by atoms with Crippen molar-refractivity contribution in [2.75, 3.05) is 19.6 Å². The second-order valence-electron chi connectivity index (χ2n) is 9.51. The quantitative estimate of drug-likeness (QED) is 0.254. The summed E-state index contributed by atoms with van der Waals surface area (Å²) in [7, 11) is 0. The Morgan fingerprint density at radius 3 is 1.59 bits per heavy atom. The van der Waals surface area contributed by atoms with E-state index in [9.17, 15) is 20.1 Å². The van der Waals surface area contributed by atoms with Crippen LogP contribution in [0.5, 0.6) is 0 Å². The number of rotatable bonds is 6. The van der Waals surface area contributed by atoms with E-state index in [1.807, 2.05) is 96.8 Å². The molecule has 1 saturated heterocycles. The van der Waals surface area contributed by atoms with Crippen LogP contribution in [0.4, 0.5) is 0 Å². The molecule has 0 unspecified atom stereocenters. The number of hydrogen-bond donors (Lipinski definition) is 0. The molecule has 0 saturated carbocycles. The lowest BCUT2D eigenvalue weighted by Gasteiger charge is -2.40. The lowest BCUT2D eigenvalue weighted by Crippen LogP contribution is -2.55. The number of piperazine rings is 1. The average Bonchev–Trinajstić information content (AvgIpc) is 3.01. The zero-order valence-corrected chi connectivity index (χ0v) is 24.0. The molecule has 1 aliphatic heterocycles. The Bertz CT molecular complexity index is 1690. The molecule has 1 heterocycles. The number of nitriles is 2. The molecule has 202 valence electrons. The SMILES string of the molecule is C[C@@H]1CN(C(=O)c2ccccc2Sc2ccccc2C#N)CCN1C(=O)c1ccccc1Sc1ccccc1C#N. The Kier molecular flexibility index (Phi) is 8.74. The van der Waals surface area contributed by atoms with Crippen LogP contribution in [0.25, 0.3) is 0 Å². The fourth-order valence-corrected chi connectivity index (χ4v) is 6.80. The molecule has 6 nitrogen and oxygen atoms in total. The summed E-state index contributed by atoms with van der Waals surface area (Å²) in [4.78, 5) is 34.2. The first-order valence-corrected chi connectivity index (χ1v) is 14.8. The second kappa shape index (κ2) is 12.8. The normalized spacial score (nSPS) is 14.7. The standard InChI is InChI=1S/C33H26N4O2S2/c1-23-22-36(32(38)26-12-4-8-16-30(26)40-28-14-6-2-10-24(28)20-34)18-19-37(23)33(39)27-13-5-9-17-31(27)41-29-15-7-3-11-25(29)21-35/h2-17,23H,18-19,22H2,1H3/t23-/m1/s1. The summed E-state index contributed by atoms with van der Waals surface area (Å²) in [5.41, 5.74) is 2.29. The molecule has 5 rings (SSSR count). The average molecular weight is 575 g/mol. The van der Waals surface area contributed by atoms with Crippen molar-refractivity contribution in [2.45, 2.75) is 32.5 Å². The van der Waals surface area contributed by atoms with Crippen molar-refractivity contribution in [2.24, 2.45) is 0 Å². The first-order chi connectivity index (χ1) is 20.0. The van der Waals surface area contributed by atoms with Gasteiger partial charge in [0.25, 0.3) is 11.8 Å². The third-order valence-electron chi connectivity index (χ3n) is 6.87. The fourth-order valence-electron chi connectivity index (χ4n) is 4.77. The molecule has 0 N–H and O–H groups in total. The Hall–Kier alpha value is -4.50. The van der Waals surface area contributed by atoms with E-state index >= 15 is 0 Å². The predicted molar refractivity (Wildman–Crippen MR) is 160 cm³/mol. The van der Waals surface area contributed by atoms with Crippen LogP contribution in [-0.4, -0.2) is 47.3 Å². The topological polar surface area (TPSA) is 88.2 Å². The molecule has 41 heavy (non-hydrogen) atoms. The highest BCUT2D eigenvalue weighted by Crippen LogP contribution is 2.35. The van der Waals surface area contributed by atoms with E-state index in [0.29, 0.717) is 41.9 Å². The third-order valence-corrected chi connectivity index (χ3v) is 9.17. The van der Waals surface area contributed by atoms with E-state index in [4.69, 9.17) is 0 Å². The summed E-state index contributed by atoms with van der Waals surface area (Å²) in [5.74, 6) is -0.184. The Balaban J connectivity index is 1.31. The summed E-state index contributed by atoms with van der Waals surface area (Å²) in [6.45, 7) is 3.19. The molecule has 1 atom stereocenters. The molecule has 4 aromatic rings. The highest BCUT2D eigenvalue weighted by Gasteiger charge is 2.32. The predicted octanol–water partition coefficient (Wildman–Crippen LogP) is 6.72. The van der Waals surface area contributed by atoms with Crippen molar-refractivity contribution < 1.29 is 9.59 Å². The molecule has 1 fully saturated rings. The van der Waals surface area contributed by atoms with Crippen LogP contribution in [-0.2, 0) is 0 Å². The molecule has 0 bridgehead atoms. The number of amides is 2. The van der Waals surface area contributed by atoms with Crippen LogP contribution >= 0.6 is 23.5 Å². The zero-order chi connectivity index (χ0) is 28.8. The lowest BCUT2D eigenvalue weighted by molar-refractivity contribution is 0.0410. The largest absolute Gasteiger partial charge is 0.335 e. The molecule has 2 amide bonds. The van der Waals surface area contributed by atoms with Gasteiger partial charge < -0.3 is 9.80 Å². The molecule has 0 spiro atoms. The third kappa shape index (κ3) is 6.15. The van der Waals surface area contributed by atoms with Crippen LogP contribution in [0.15, 0.2) is 117 Å². The Labute approximate surface area is 248 Å². The lowest BCUT2D eigenvalue weighted by atomic mass is 10.1. The van der Waals surface area contributed by atoms with Gasteiger partial charge in [-0.2, -0.15) is 10.5 Å². The van der Waals surface area contributed by atoms with Gasteiger partial charge in [-0.1, -0.05) is 72.1 Å². The minimum Gasteiger partial charge on any atom is -0.335 e. The number of hydrogen-bond acceptors (Lipinski definition) is 6. The number of carbonyl (C=O) groups is 2. The highest BCUT2D eigenvalue weighted by molar-refractivity contribution is 7.99. The van der Waals surface area contributed by atoms with E-state index in [1.165, 1.54) is 23.5 Å². The maximum Gasteiger partial charge on any atom is 0.255 e. The fraction of sp³-hybridized carbons (Fsp3) is 0.152. The summed E-state index contributed by atoms with van der Waals surface area (Å²) in [6.07, 6.45) is 0. The second-order valence-corrected chi connectivity index (χ2v) is 11.7. The van der Waals surface area contributed by atoms with Crippen LogP contribution < -0.4 is 0 Å². The molecular formula is C33H26N4O2S2. The molecule has 1 aliphatic rings. The minimum absolute atomic E-state index is 0.0915. The van der Waals surface area contributed by atoms with Gasteiger partial charge in [0.1, 0.15) is 12.1 Å². The number of nitrogens with zero attached hydrogens (tertiary/aromatic N) is 4. The zero-order valence-electron chi connectivity index (χ0n) is 22.4. The van der Waals surface area contributed by atoms with Gasteiger partial charge in [-0.25, -0.2) is 0 Å². The van der Waals surface area contributed by atoms with Gasteiger partial charge in [0.15, 0.2) is 0 Å². The Morgan fingerprint density at radius 1 is 0.659 bits per heavy atom. The van der Waals surface area contributed by atoms with Crippen LogP contribution in [0.1, 0.15) is 38.8 Å². The van der Waals surface area contributed by atoms with Gasteiger partial charge in [-0.15, -0.1) is 0 Å². The van der Waals surface area contributed by atoms with E-state index in [0.717, 1.165) is 19.6 Å². The van der Waals surface area contributed by atoms with Crippen LogP contribution in [0, 0.1) is 22.7 Å². The monoisotopic (exact) mass is 574 g/mol. The van der Waals surface area contributed by atoms with Crippen molar-refractivity contribution in [1.82, 2.24) is 9.80 Å². The van der Waals surface area contributed by atoms with Crippen LogP contribution in [0.2, 0.25) is 0 Å². The molecule has 8 heteroatoms. The van der Waals surface area contributed by atoms with E-state index in [2.05, 4.69) is 12.1 Å². The van der Waals surface area contributed by atoms with Gasteiger partial charge in [0, 0.05) is 45.3 Å². The number of carbonyl (C=O) groups excluding carboxylic acids is 2. The van der Waals surface area contributed by atoms with E-state index in [-0.39, 0.29) is 17.9 Å². The first kappa shape index (κ1) is 28.0. The van der Waals surface area contributed by atoms with E-state index in [1.54, 1.807) is 17.0 Å². The van der Waals surface area contributed by atoms with Crippen molar-refractivity contribution >= 4 is 35.3 Å². The van der Waals surface area contributed by atoms with Crippen LogP contribution in [0.3, 0.4) is 0 Å². The summed E-state index contributed by atoms with van der Waals surface area (Å²) in [6, 6.07) is 33.8. The highest BCUT2D eigenvalue weighted by atomic mass is 32.2. The van der Waals surface area contributed by atoms with Crippen molar-refractivity contribution in [3.8, 4) is 12.1 Å².